The van der Waals surface area contributed by atoms with Crippen molar-refractivity contribution in [2.45, 2.75) is 0 Å². The van der Waals surface area contributed by atoms with Crippen LogP contribution in [0, 0.1) is 5.41 Å². The minimum atomic E-state index is -0.0368. The molecule has 1 aliphatic heterocycles. The molecule has 74 valence electrons. The second-order valence-electron chi connectivity index (χ2n) is 2.51. The van der Waals surface area contributed by atoms with Gasteiger partial charge < -0.3 is 16.0 Å². The molecule has 0 aromatic rings. The first-order valence-electron chi connectivity index (χ1n) is 4.00. The van der Waals surface area contributed by atoms with Crippen LogP contribution >= 0.6 is 22.6 Å². The van der Waals surface area contributed by atoms with Crippen LogP contribution in [0.15, 0.2) is 33.7 Å². The van der Waals surface area contributed by atoms with Gasteiger partial charge in [0.2, 0.25) is 5.78 Å². The zero-order valence-corrected chi connectivity index (χ0v) is 9.54. The van der Waals surface area contributed by atoms with Crippen molar-refractivity contribution >= 4 is 34.6 Å². The van der Waals surface area contributed by atoms with Crippen molar-refractivity contribution in [1.82, 2.24) is 10.6 Å². The minimum Gasteiger partial charge on any atom is -0.372 e. The molecule has 0 saturated heterocycles. The number of ketones is 1. The number of halogens is 1. The summed E-state index contributed by atoms with van der Waals surface area (Å²) in [7, 11) is 0. The topological polar surface area (TPSA) is 65.0 Å². The summed E-state index contributed by atoms with van der Waals surface area (Å²) in [5, 5.41) is 12.6. The van der Waals surface area contributed by atoms with Crippen LogP contribution in [0.4, 0.5) is 0 Å². The Morgan fingerprint density at radius 3 is 2.93 bits per heavy atom. The van der Waals surface area contributed by atoms with Crippen LogP contribution in [0.1, 0.15) is 0 Å². The first-order valence-corrected chi connectivity index (χ1v) is 5.08. The molecule has 14 heavy (non-hydrogen) atoms. The van der Waals surface area contributed by atoms with E-state index in [-0.39, 0.29) is 5.78 Å². The Hall–Kier alpha value is -1.11. The van der Waals surface area contributed by atoms with Gasteiger partial charge in [-0.1, -0.05) is 6.08 Å². The maximum Gasteiger partial charge on any atom is 0.216 e. The predicted octanol–water partition coefficient (Wildman–Crippen LogP) is 1.07. The van der Waals surface area contributed by atoms with E-state index < -0.39 is 0 Å². The first-order chi connectivity index (χ1) is 6.75. The molecule has 0 amide bonds. The fraction of sp³-hybridized carbons (Fsp3) is 0.111. The number of nitrogens with one attached hydrogen (secondary N) is 3. The molecular weight excluding hydrogens is 293 g/mol. The van der Waals surface area contributed by atoms with E-state index in [0.717, 1.165) is 0 Å². The third-order valence-corrected chi connectivity index (χ3v) is 2.39. The summed E-state index contributed by atoms with van der Waals surface area (Å²) < 4.78 is 0.614. The average Bonchev–Trinajstić information content (AvgIpc) is 2.69. The Balaban J connectivity index is 2.64. The normalized spacial score (nSPS) is 16.1. The van der Waals surface area contributed by atoms with E-state index in [9.17, 15) is 4.79 Å². The molecule has 0 aliphatic carbocycles. The second-order valence-corrected chi connectivity index (χ2v) is 3.67. The van der Waals surface area contributed by atoms with E-state index in [0.29, 0.717) is 15.9 Å². The average molecular weight is 303 g/mol. The number of hydrogen-bond donors (Lipinski definition) is 3. The lowest BCUT2D eigenvalue weighted by Gasteiger charge is -1.99. The van der Waals surface area contributed by atoms with Crippen molar-refractivity contribution in [3.05, 3.63) is 33.7 Å². The van der Waals surface area contributed by atoms with Gasteiger partial charge in [-0.3, -0.25) is 4.79 Å². The molecular formula is C9H10IN3O. The van der Waals surface area contributed by atoms with Gasteiger partial charge in [0.15, 0.2) is 0 Å². The van der Waals surface area contributed by atoms with E-state index in [2.05, 4.69) is 10.6 Å². The van der Waals surface area contributed by atoms with Gasteiger partial charge in [-0.2, -0.15) is 0 Å². The van der Waals surface area contributed by atoms with Gasteiger partial charge in [-0.15, -0.1) is 0 Å². The van der Waals surface area contributed by atoms with Gasteiger partial charge in [-0.25, -0.2) is 0 Å². The molecule has 0 saturated carbocycles. The fourth-order valence-electron chi connectivity index (χ4n) is 0.896. The van der Waals surface area contributed by atoms with Crippen LogP contribution in [0.2, 0.25) is 0 Å². The van der Waals surface area contributed by atoms with Crippen molar-refractivity contribution in [2.75, 3.05) is 6.67 Å². The quantitative estimate of drug-likeness (QED) is 0.315. The summed E-state index contributed by atoms with van der Waals surface area (Å²) in [4.78, 5) is 11.6. The molecule has 0 aromatic heterocycles. The summed E-state index contributed by atoms with van der Waals surface area (Å²) in [5.74, 6) is -0.0368. The van der Waals surface area contributed by atoms with E-state index in [1.807, 2.05) is 22.6 Å². The lowest BCUT2D eigenvalue weighted by atomic mass is 10.3. The standard InChI is InChI=1S/C9H10IN3O/c10-7(3-1-2-4-11)9(14)8-5-12-6-13-8/h1-5,11-13H,6H2/b2-1-,7-3-,11-4?. The minimum absolute atomic E-state index is 0.0368. The number of hydrogen-bond acceptors (Lipinski definition) is 4. The smallest absolute Gasteiger partial charge is 0.216 e. The highest BCUT2D eigenvalue weighted by atomic mass is 127. The molecule has 3 N–H and O–H groups in total. The van der Waals surface area contributed by atoms with Gasteiger partial charge in [0.1, 0.15) is 5.70 Å². The molecule has 0 bridgehead atoms. The third kappa shape index (κ3) is 2.99. The Morgan fingerprint density at radius 1 is 1.57 bits per heavy atom. The zero-order chi connectivity index (χ0) is 10.4. The molecule has 0 atom stereocenters. The van der Waals surface area contributed by atoms with Gasteiger partial charge in [0, 0.05) is 12.4 Å². The van der Waals surface area contributed by atoms with E-state index in [1.54, 1.807) is 24.4 Å². The van der Waals surface area contributed by atoms with Crippen LogP contribution < -0.4 is 10.6 Å². The number of rotatable bonds is 4. The number of allylic oxidation sites excluding steroid dienone is 4. The fourth-order valence-corrected chi connectivity index (χ4v) is 1.39. The Morgan fingerprint density at radius 2 is 2.36 bits per heavy atom. The summed E-state index contributed by atoms with van der Waals surface area (Å²) in [5.41, 5.74) is 0.578. The molecule has 1 heterocycles. The number of carbonyl (C=O) groups is 1. The SMILES string of the molecule is N=C/C=C\C=C(/I)C(=O)C1=CNCN1. The van der Waals surface area contributed by atoms with Crippen LogP contribution in [0.3, 0.4) is 0 Å². The summed E-state index contributed by atoms with van der Waals surface area (Å²) in [6.45, 7) is 0.599. The second kappa shape index (κ2) is 5.58. The number of carbonyl (C=O) groups excluding carboxylic acids is 1. The van der Waals surface area contributed by atoms with Crippen molar-refractivity contribution < 1.29 is 4.79 Å². The summed E-state index contributed by atoms with van der Waals surface area (Å²) in [6.07, 6.45) is 7.72. The molecule has 0 fully saturated rings. The highest BCUT2D eigenvalue weighted by molar-refractivity contribution is 14.1. The molecule has 5 heteroatoms. The van der Waals surface area contributed by atoms with Crippen molar-refractivity contribution in [3.8, 4) is 0 Å². The highest BCUT2D eigenvalue weighted by Crippen LogP contribution is 2.12. The highest BCUT2D eigenvalue weighted by Gasteiger charge is 2.14. The van der Waals surface area contributed by atoms with Crippen LogP contribution in [-0.2, 0) is 4.79 Å². The van der Waals surface area contributed by atoms with Gasteiger partial charge in [0.25, 0.3) is 0 Å². The Bertz CT molecular complexity index is 331. The lowest BCUT2D eigenvalue weighted by molar-refractivity contribution is -0.111. The Kier molecular flexibility index (Phi) is 4.37. The van der Waals surface area contributed by atoms with Crippen molar-refractivity contribution in [2.24, 2.45) is 0 Å². The van der Waals surface area contributed by atoms with Crippen LogP contribution in [0.25, 0.3) is 0 Å². The lowest BCUT2D eigenvalue weighted by Crippen LogP contribution is -2.18. The maximum atomic E-state index is 11.6. The predicted molar refractivity (Wildman–Crippen MR) is 64.3 cm³/mol. The van der Waals surface area contributed by atoms with Crippen LogP contribution in [0.5, 0.6) is 0 Å². The third-order valence-electron chi connectivity index (χ3n) is 1.54. The molecule has 0 radical (unpaired) electrons. The maximum absolute atomic E-state index is 11.6. The van der Waals surface area contributed by atoms with Gasteiger partial charge >= 0.3 is 0 Å². The van der Waals surface area contributed by atoms with E-state index in [1.165, 1.54) is 6.21 Å². The van der Waals surface area contributed by atoms with Gasteiger partial charge in [0.05, 0.1) is 10.2 Å². The monoisotopic (exact) mass is 303 g/mol. The largest absolute Gasteiger partial charge is 0.372 e. The first kappa shape index (κ1) is 11.0. The summed E-state index contributed by atoms with van der Waals surface area (Å²) >= 11 is 1.97. The van der Waals surface area contributed by atoms with E-state index >= 15 is 0 Å². The number of Topliss-reactive ketones (excluding diaryl/α,β-unsaturated/α-hetero) is 1. The van der Waals surface area contributed by atoms with Gasteiger partial charge in [-0.05, 0) is 34.7 Å². The van der Waals surface area contributed by atoms with Crippen LogP contribution in [-0.4, -0.2) is 18.7 Å². The van der Waals surface area contributed by atoms with Crippen molar-refractivity contribution in [3.63, 3.8) is 0 Å². The molecule has 0 spiro atoms. The summed E-state index contributed by atoms with van der Waals surface area (Å²) in [6, 6.07) is 0. The molecule has 1 aliphatic rings. The molecule has 1 rings (SSSR count). The Labute approximate surface area is 95.8 Å². The van der Waals surface area contributed by atoms with Crippen molar-refractivity contribution in [1.29, 1.82) is 5.41 Å². The molecule has 0 aromatic carbocycles. The molecule has 0 unspecified atom stereocenters. The molecule has 4 nitrogen and oxygen atoms in total. The van der Waals surface area contributed by atoms with E-state index in [4.69, 9.17) is 5.41 Å². The zero-order valence-electron chi connectivity index (χ0n) is 7.38.